The van der Waals surface area contributed by atoms with E-state index in [-0.39, 0.29) is 6.03 Å². The van der Waals surface area contributed by atoms with Crippen LogP contribution in [0.4, 0.5) is 4.79 Å². The highest BCUT2D eigenvalue weighted by molar-refractivity contribution is 5.76. The maximum absolute atomic E-state index is 11.3. The summed E-state index contributed by atoms with van der Waals surface area (Å²) in [5.74, 6) is 0.654. The van der Waals surface area contributed by atoms with Gasteiger partial charge < -0.3 is 20.9 Å². The third-order valence-corrected chi connectivity index (χ3v) is 3.57. The van der Waals surface area contributed by atoms with E-state index in [4.69, 9.17) is 5.73 Å². The molecule has 1 atom stereocenters. The first kappa shape index (κ1) is 11.7. The number of rotatable bonds is 4. The fourth-order valence-electron chi connectivity index (χ4n) is 2.53. The number of urea groups is 1. The average Bonchev–Trinajstić information content (AvgIpc) is 2.72. The average molecular weight is 226 g/mol. The third kappa shape index (κ3) is 2.86. The van der Waals surface area contributed by atoms with Crippen molar-refractivity contribution in [3.05, 3.63) is 0 Å². The molecule has 2 fully saturated rings. The van der Waals surface area contributed by atoms with Gasteiger partial charge in [0.25, 0.3) is 0 Å². The van der Waals surface area contributed by atoms with Crippen LogP contribution < -0.4 is 11.1 Å². The minimum atomic E-state index is 0.0902. The molecule has 92 valence electrons. The Balaban J connectivity index is 1.70. The molecule has 0 radical (unpaired) electrons. The number of nitrogens with zero attached hydrogens (tertiary/aromatic N) is 2. The van der Waals surface area contributed by atoms with E-state index in [1.165, 1.54) is 12.8 Å². The van der Waals surface area contributed by atoms with E-state index >= 15 is 0 Å². The van der Waals surface area contributed by atoms with Gasteiger partial charge in [-0.2, -0.15) is 0 Å². The lowest BCUT2D eigenvalue weighted by atomic mass is 9.98. The summed E-state index contributed by atoms with van der Waals surface area (Å²) >= 11 is 0. The van der Waals surface area contributed by atoms with E-state index in [1.807, 2.05) is 4.90 Å². The number of carbonyl (C=O) groups is 1. The number of carbonyl (C=O) groups excluding carboxylic acids is 1. The Morgan fingerprint density at radius 2 is 2.25 bits per heavy atom. The summed E-state index contributed by atoms with van der Waals surface area (Å²) in [6.07, 6.45) is 2.51. The third-order valence-electron chi connectivity index (χ3n) is 3.57. The standard InChI is InChI=1S/C11H22N4O/c12-8-10-2-1-4-14(9-10)6-7-15-5-3-13-11(15)16/h10H,1-9,12H2,(H,13,16). The molecule has 2 amide bonds. The Bertz CT molecular complexity index is 246. The van der Waals surface area contributed by atoms with E-state index in [2.05, 4.69) is 10.2 Å². The number of nitrogens with two attached hydrogens (primary N) is 1. The lowest BCUT2D eigenvalue weighted by Gasteiger charge is -2.32. The quantitative estimate of drug-likeness (QED) is 0.691. The van der Waals surface area contributed by atoms with Gasteiger partial charge in [0, 0.05) is 32.7 Å². The van der Waals surface area contributed by atoms with Crippen LogP contribution >= 0.6 is 0 Å². The van der Waals surface area contributed by atoms with Crippen LogP contribution in [0, 0.1) is 5.92 Å². The zero-order valence-electron chi connectivity index (χ0n) is 9.82. The molecule has 16 heavy (non-hydrogen) atoms. The van der Waals surface area contributed by atoms with Crippen LogP contribution in [0.25, 0.3) is 0 Å². The fourth-order valence-corrected chi connectivity index (χ4v) is 2.53. The van der Waals surface area contributed by atoms with E-state index < -0.39 is 0 Å². The molecule has 0 spiro atoms. The van der Waals surface area contributed by atoms with E-state index in [1.54, 1.807) is 0 Å². The summed E-state index contributed by atoms with van der Waals surface area (Å²) in [4.78, 5) is 15.7. The summed E-state index contributed by atoms with van der Waals surface area (Å²) < 4.78 is 0. The molecule has 2 aliphatic rings. The normalized spacial score (nSPS) is 27.2. The molecular formula is C11H22N4O. The Hall–Kier alpha value is -0.810. The van der Waals surface area contributed by atoms with Crippen molar-refractivity contribution >= 4 is 6.03 Å². The number of hydrogen-bond acceptors (Lipinski definition) is 3. The van der Waals surface area contributed by atoms with Gasteiger partial charge in [-0.3, -0.25) is 0 Å². The van der Waals surface area contributed by atoms with Crippen LogP contribution in [-0.4, -0.2) is 61.6 Å². The molecule has 5 heteroatoms. The Labute approximate surface area is 96.9 Å². The highest BCUT2D eigenvalue weighted by Gasteiger charge is 2.22. The first-order valence-corrected chi connectivity index (χ1v) is 6.25. The van der Waals surface area contributed by atoms with Crippen LogP contribution in [0.3, 0.4) is 0 Å². The smallest absolute Gasteiger partial charge is 0.317 e. The second kappa shape index (κ2) is 5.50. The summed E-state index contributed by atoms with van der Waals surface area (Å²) in [6.45, 7) is 6.54. The van der Waals surface area contributed by atoms with E-state index in [0.717, 1.165) is 45.8 Å². The van der Waals surface area contributed by atoms with Crippen molar-refractivity contribution in [3.8, 4) is 0 Å². The Morgan fingerprint density at radius 1 is 1.38 bits per heavy atom. The first-order valence-electron chi connectivity index (χ1n) is 6.25. The van der Waals surface area contributed by atoms with Gasteiger partial charge in [-0.05, 0) is 31.8 Å². The highest BCUT2D eigenvalue weighted by Crippen LogP contribution is 2.14. The fraction of sp³-hybridized carbons (Fsp3) is 0.909. The second-order valence-corrected chi connectivity index (χ2v) is 4.76. The van der Waals surface area contributed by atoms with Gasteiger partial charge in [0.15, 0.2) is 0 Å². The van der Waals surface area contributed by atoms with Crippen molar-refractivity contribution < 1.29 is 4.79 Å². The number of likely N-dealkylation sites (tertiary alicyclic amines) is 1. The molecule has 2 heterocycles. The lowest BCUT2D eigenvalue weighted by Crippen LogP contribution is -2.43. The molecule has 3 N–H and O–H groups in total. The summed E-state index contributed by atoms with van der Waals surface area (Å²) in [6, 6.07) is 0.0902. The Morgan fingerprint density at radius 3 is 2.94 bits per heavy atom. The zero-order valence-corrected chi connectivity index (χ0v) is 9.82. The van der Waals surface area contributed by atoms with Gasteiger partial charge in [-0.1, -0.05) is 0 Å². The number of hydrogen-bond donors (Lipinski definition) is 2. The molecule has 0 bridgehead atoms. The molecule has 5 nitrogen and oxygen atoms in total. The van der Waals surface area contributed by atoms with Crippen molar-refractivity contribution in [2.24, 2.45) is 11.7 Å². The van der Waals surface area contributed by atoms with Crippen molar-refractivity contribution in [2.45, 2.75) is 12.8 Å². The summed E-state index contributed by atoms with van der Waals surface area (Å²) in [5, 5.41) is 2.83. The van der Waals surface area contributed by atoms with Crippen LogP contribution in [0.5, 0.6) is 0 Å². The largest absolute Gasteiger partial charge is 0.336 e. The van der Waals surface area contributed by atoms with E-state index in [9.17, 15) is 4.79 Å². The topological polar surface area (TPSA) is 61.6 Å². The molecule has 0 aromatic rings. The number of piperidine rings is 1. The molecule has 0 aliphatic carbocycles. The Kier molecular flexibility index (Phi) is 4.01. The van der Waals surface area contributed by atoms with Gasteiger partial charge in [0.2, 0.25) is 0 Å². The van der Waals surface area contributed by atoms with Gasteiger partial charge in [0.1, 0.15) is 0 Å². The van der Waals surface area contributed by atoms with Crippen molar-refractivity contribution in [1.29, 1.82) is 0 Å². The minimum absolute atomic E-state index is 0.0902. The number of nitrogens with one attached hydrogen (secondary N) is 1. The van der Waals surface area contributed by atoms with Crippen LogP contribution in [0.15, 0.2) is 0 Å². The molecule has 2 saturated heterocycles. The maximum Gasteiger partial charge on any atom is 0.317 e. The zero-order chi connectivity index (χ0) is 11.4. The monoisotopic (exact) mass is 226 g/mol. The molecular weight excluding hydrogens is 204 g/mol. The second-order valence-electron chi connectivity index (χ2n) is 4.76. The summed E-state index contributed by atoms with van der Waals surface area (Å²) in [5.41, 5.74) is 5.70. The maximum atomic E-state index is 11.3. The van der Waals surface area contributed by atoms with Crippen LogP contribution in [-0.2, 0) is 0 Å². The van der Waals surface area contributed by atoms with Gasteiger partial charge >= 0.3 is 6.03 Å². The molecule has 0 aromatic heterocycles. The van der Waals surface area contributed by atoms with Crippen molar-refractivity contribution in [1.82, 2.24) is 15.1 Å². The molecule has 2 rings (SSSR count). The molecule has 1 unspecified atom stereocenters. The predicted octanol–water partition coefficient (Wildman–Crippen LogP) is -0.318. The molecule has 2 aliphatic heterocycles. The molecule has 0 saturated carbocycles. The SMILES string of the molecule is NCC1CCCN(CCN2CCNC2=O)C1. The van der Waals surface area contributed by atoms with Crippen LogP contribution in [0.2, 0.25) is 0 Å². The van der Waals surface area contributed by atoms with E-state index in [0.29, 0.717) is 5.92 Å². The summed E-state index contributed by atoms with van der Waals surface area (Å²) in [7, 11) is 0. The number of amides is 2. The van der Waals surface area contributed by atoms with Gasteiger partial charge in [-0.15, -0.1) is 0 Å². The van der Waals surface area contributed by atoms with Crippen molar-refractivity contribution in [2.75, 3.05) is 45.8 Å². The minimum Gasteiger partial charge on any atom is -0.336 e. The predicted molar refractivity (Wildman–Crippen MR) is 63.2 cm³/mol. The van der Waals surface area contributed by atoms with Crippen LogP contribution in [0.1, 0.15) is 12.8 Å². The van der Waals surface area contributed by atoms with Crippen molar-refractivity contribution in [3.63, 3.8) is 0 Å². The first-order chi connectivity index (χ1) is 7.79. The lowest BCUT2D eigenvalue weighted by molar-refractivity contribution is 0.159. The van der Waals surface area contributed by atoms with Gasteiger partial charge in [-0.25, -0.2) is 4.79 Å². The molecule has 0 aromatic carbocycles. The van der Waals surface area contributed by atoms with Gasteiger partial charge in [0.05, 0.1) is 0 Å². The highest BCUT2D eigenvalue weighted by atomic mass is 16.2.